The van der Waals surface area contributed by atoms with E-state index in [9.17, 15) is 0 Å². The molecule has 0 aliphatic heterocycles. The summed E-state index contributed by atoms with van der Waals surface area (Å²) in [5, 5.41) is 8.93. The van der Waals surface area contributed by atoms with E-state index in [0.717, 1.165) is 71.7 Å². The Hall–Kier alpha value is -7.11. The van der Waals surface area contributed by atoms with Crippen LogP contribution in [0.25, 0.3) is 111 Å². The number of hydrogen-bond donors (Lipinski definition) is 0. The van der Waals surface area contributed by atoms with Gasteiger partial charge < -0.3 is 8.83 Å². The van der Waals surface area contributed by atoms with Gasteiger partial charge >= 0.3 is 0 Å². The van der Waals surface area contributed by atoms with Crippen LogP contribution in [0.5, 0.6) is 0 Å². The van der Waals surface area contributed by atoms with Crippen molar-refractivity contribution in [3.63, 3.8) is 0 Å². The van der Waals surface area contributed by atoms with E-state index >= 15 is 0 Å². The first kappa shape index (κ1) is 28.7. The first-order chi connectivity index (χ1) is 25.7. The molecule has 0 saturated heterocycles. The fourth-order valence-electron chi connectivity index (χ4n) is 7.67. The van der Waals surface area contributed by atoms with Gasteiger partial charge in [-0.15, -0.1) is 0 Å². The van der Waals surface area contributed by atoms with Gasteiger partial charge in [0.05, 0.1) is 0 Å². The molecule has 0 bridgehead atoms. The topological polar surface area (TPSA) is 65.0 Å². The summed E-state index contributed by atoms with van der Waals surface area (Å²) < 4.78 is 12.8. The van der Waals surface area contributed by atoms with Crippen molar-refractivity contribution in [1.82, 2.24) is 15.0 Å². The average Bonchev–Trinajstić information content (AvgIpc) is 3.79. The fourth-order valence-corrected chi connectivity index (χ4v) is 7.67. The Kier molecular flexibility index (Phi) is 6.18. The van der Waals surface area contributed by atoms with E-state index in [2.05, 4.69) is 91.0 Å². The first-order valence-electron chi connectivity index (χ1n) is 17.3. The maximum atomic E-state index is 6.58. The third-order valence-electron chi connectivity index (χ3n) is 10.1. The zero-order valence-corrected chi connectivity index (χ0v) is 27.7. The molecular weight excluding hydrogens is 639 g/mol. The van der Waals surface area contributed by atoms with E-state index in [1.54, 1.807) is 0 Å². The summed E-state index contributed by atoms with van der Waals surface area (Å²) in [6.07, 6.45) is 0. The van der Waals surface area contributed by atoms with Crippen molar-refractivity contribution in [2.45, 2.75) is 0 Å². The minimum Gasteiger partial charge on any atom is -0.456 e. The first-order valence-corrected chi connectivity index (χ1v) is 17.3. The monoisotopic (exact) mass is 665 g/mol. The average molecular weight is 666 g/mol. The van der Waals surface area contributed by atoms with Crippen molar-refractivity contribution >= 4 is 65.4 Å². The van der Waals surface area contributed by atoms with Gasteiger partial charge in [0, 0.05) is 38.2 Å². The van der Waals surface area contributed by atoms with Gasteiger partial charge in [-0.1, -0.05) is 127 Å². The highest BCUT2D eigenvalue weighted by atomic mass is 16.3. The fraction of sp³-hybridized carbons (Fsp3) is 0. The molecule has 0 amide bonds. The van der Waals surface area contributed by atoms with E-state index in [-0.39, 0.29) is 0 Å². The van der Waals surface area contributed by atoms with Crippen LogP contribution in [0, 0.1) is 0 Å². The molecule has 52 heavy (non-hydrogen) atoms. The number of hydrogen-bond acceptors (Lipinski definition) is 5. The van der Waals surface area contributed by atoms with E-state index < -0.39 is 0 Å². The SMILES string of the molecule is c1ccc(-c2nc(-c3cccc4oc5ccccc5c34)nc(-c3cccc4oc5cc(-c6ccc7ccc8ccccc8c7c6)ccc5c34)n2)cc1. The van der Waals surface area contributed by atoms with Gasteiger partial charge in [0.25, 0.3) is 0 Å². The van der Waals surface area contributed by atoms with Crippen molar-refractivity contribution in [3.05, 3.63) is 164 Å². The third kappa shape index (κ3) is 4.46. The van der Waals surface area contributed by atoms with Crippen molar-refractivity contribution in [3.8, 4) is 45.3 Å². The highest BCUT2D eigenvalue weighted by Gasteiger charge is 2.20. The number of rotatable bonds is 4. The van der Waals surface area contributed by atoms with E-state index in [0.29, 0.717) is 17.5 Å². The van der Waals surface area contributed by atoms with Crippen molar-refractivity contribution in [1.29, 1.82) is 0 Å². The Morgan fingerprint density at radius 1 is 0.308 bits per heavy atom. The maximum Gasteiger partial charge on any atom is 0.164 e. The number of furan rings is 2. The molecule has 11 aromatic rings. The van der Waals surface area contributed by atoms with Crippen LogP contribution in [0.2, 0.25) is 0 Å². The van der Waals surface area contributed by atoms with Gasteiger partial charge in [0.15, 0.2) is 17.5 Å². The van der Waals surface area contributed by atoms with Gasteiger partial charge in [-0.25, -0.2) is 15.0 Å². The minimum absolute atomic E-state index is 0.576. The molecule has 0 aliphatic carbocycles. The molecule has 3 aromatic heterocycles. The number of aromatic nitrogens is 3. The molecule has 0 N–H and O–H groups in total. The summed E-state index contributed by atoms with van der Waals surface area (Å²) in [5.41, 5.74) is 8.12. The van der Waals surface area contributed by atoms with Crippen LogP contribution in [0.1, 0.15) is 0 Å². The quantitative estimate of drug-likeness (QED) is 0.175. The molecule has 0 unspecified atom stereocenters. The lowest BCUT2D eigenvalue weighted by molar-refractivity contribution is 0.668. The van der Waals surface area contributed by atoms with Crippen LogP contribution in [0.3, 0.4) is 0 Å². The molecule has 0 fully saturated rings. The van der Waals surface area contributed by atoms with Crippen LogP contribution in [0.4, 0.5) is 0 Å². The molecule has 0 saturated carbocycles. The third-order valence-corrected chi connectivity index (χ3v) is 10.1. The summed E-state index contributed by atoms with van der Waals surface area (Å²) >= 11 is 0. The molecule has 8 aromatic carbocycles. The minimum atomic E-state index is 0.576. The van der Waals surface area contributed by atoms with Gasteiger partial charge in [-0.2, -0.15) is 0 Å². The second kappa shape index (κ2) is 11.2. The molecule has 0 atom stereocenters. The Bertz CT molecular complexity index is 3190. The lowest BCUT2D eigenvalue weighted by Gasteiger charge is -2.10. The molecule has 0 radical (unpaired) electrons. The maximum absolute atomic E-state index is 6.58. The second-order valence-electron chi connectivity index (χ2n) is 13.2. The summed E-state index contributed by atoms with van der Waals surface area (Å²) in [4.78, 5) is 15.3. The summed E-state index contributed by atoms with van der Waals surface area (Å²) in [7, 11) is 0. The number of nitrogens with zero attached hydrogens (tertiary/aromatic N) is 3. The second-order valence-corrected chi connectivity index (χ2v) is 13.2. The summed E-state index contributed by atoms with van der Waals surface area (Å²) in [5.74, 6) is 1.76. The molecule has 5 nitrogen and oxygen atoms in total. The van der Waals surface area contributed by atoms with E-state index in [4.69, 9.17) is 23.8 Å². The summed E-state index contributed by atoms with van der Waals surface area (Å²) in [6.45, 7) is 0. The van der Waals surface area contributed by atoms with Crippen LogP contribution in [0.15, 0.2) is 173 Å². The normalized spacial score (nSPS) is 11.8. The Labute approximate surface area is 297 Å². The number of para-hydroxylation sites is 1. The van der Waals surface area contributed by atoms with Crippen LogP contribution < -0.4 is 0 Å². The van der Waals surface area contributed by atoms with Crippen molar-refractivity contribution < 1.29 is 8.83 Å². The molecule has 11 rings (SSSR count). The highest BCUT2D eigenvalue weighted by molar-refractivity contribution is 6.14. The predicted molar refractivity (Wildman–Crippen MR) is 211 cm³/mol. The molecule has 0 aliphatic rings. The lowest BCUT2D eigenvalue weighted by atomic mass is 9.96. The summed E-state index contributed by atoms with van der Waals surface area (Å²) in [6, 6.07) is 56.4. The Balaban J connectivity index is 1.10. The lowest BCUT2D eigenvalue weighted by Crippen LogP contribution is -2.00. The molecule has 0 spiro atoms. The van der Waals surface area contributed by atoms with Crippen molar-refractivity contribution in [2.75, 3.05) is 0 Å². The highest BCUT2D eigenvalue weighted by Crippen LogP contribution is 2.40. The Morgan fingerprint density at radius 2 is 0.846 bits per heavy atom. The van der Waals surface area contributed by atoms with Gasteiger partial charge in [0.1, 0.15) is 22.3 Å². The molecule has 5 heteroatoms. The smallest absolute Gasteiger partial charge is 0.164 e. The number of fused-ring (bicyclic) bond motifs is 9. The van der Waals surface area contributed by atoms with Crippen LogP contribution >= 0.6 is 0 Å². The standard InChI is InChI=1S/C47H27N3O2/c1-2-11-30(12-3-1)45-48-46(36-15-8-18-40-43(36)34-14-6-7-17-39(34)51-40)50-47(49-45)37-16-9-19-41-44(37)35-25-24-32(27-42(35)52-41)31-23-22-29-21-20-28-10-4-5-13-33(28)38(29)26-31/h1-27H. The Morgan fingerprint density at radius 3 is 1.62 bits per heavy atom. The largest absolute Gasteiger partial charge is 0.456 e. The van der Waals surface area contributed by atoms with Crippen molar-refractivity contribution in [2.24, 2.45) is 0 Å². The van der Waals surface area contributed by atoms with E-state index in [1.165, 1.54) is 21.5 Å². The zero-order valence-electron chi connectivity index (χ0n) is 27.7. The predicted octanol–water partition coefficient (Wildman–Crippen LogP) is 12.6. The van der Waals surface area contributed by atoms with Gasteiger partial charge in [-0.3, -0.25) is 0 Å². The van der Waals surface area contributed by atoms with Crippen LogP contribution in [-0.4, -0.2) is 15.0 Å². The van der Waals surface area contributed by atoms with Gasteiger partial charge in [0.2, 0.25) is 0 Å². The van der Waals surface area contributed by atoms with E-state index in [1.807, 2.05) is 72.8 Å². The number of benzene rings is 8. The zero-order chi connectivity index (χ0) is 34.2. The van der Waals surface area contributed by atoms with Gasteiger partial charge in [-0.05, 0) is 69.1 Å². The van der Waals surface area contributed by atoms with Crippen LogP contribution in [-0.2, 0) is 0 Å². The molecular formula is C47H27N3O2. The molecule has 3 heterocycles. The molecule has 242 valence electrons.